The van der Waals surface area contributed by atoms with Gasteiger partial charge in [-0.2, -0.15) is 0 Å². The molecule has 0 radical (unpaired) electrons. The zero-order valence-electron chi connectivity index (χ0n) is 7.88. The summed E-state index contributed by atoms with van der Waals surface area (Å²) in [5.74, 6) is 0.890. The largest absolute Gasteiger partial charge is 0.382 e. The zero-order valence-corrected chi connectivity index (χ0v) is 9.47. The van der Waals surface area contributed by atoms with Crippen LogP contribution in [0.4, 0.5) is 11.5 Å². The quantitative estimate of drug-likeness (QED) is 0.847. The van der Waals surface area contributed by atoms with Crippen LogP contribution in [0.15, 0.2) is 16.7 Å². The van der Waals surface area contributed by atoms with E-state index in [0.717, 1.165) is 22.5 Å². The fourth-order valence-electron chi connectivity index (χ4n) is 1.47. The first kappa shape index (κ1) is 9.73. The number of ether oxygens (including phenoxy) is 1. The first-order valence-electron chi connectivity index (χ1n) is 4.44. The van der Waals surface area contributed by atoms with Gasteiger partial charge < -0.3 is 15.4 Å². The standard InChI is InChI=1S/C9H12BrN3O/c1-14-5-7-4-11-8-2-6(10)3-12-9(8)13-7/h2-3,7,11H,4-5H2,1H3,(H,12,13). The lowest BCUT2D eigenvalue weighted by Gasteiger charge is -2.26. The minimum absolute atomic E-state index is 0.293. The molecule has 0 fully saturated rings. The van der Waals surface area contributed by atoms with Crippen LogP contribution in [-0.2, 0) is 4.74 Å². The summed E-state index contributed by atoms with van der Waals surface area (Å²) in [5.41, 5.74) is 1.03. The first-order chi connectivity index (χ1) is 6.79. The van der Waals surface area contributed by atoms with Gasteiger partial charge in [0.1, 0.15) is 5.82 Å². The SMILES string of the molecule is COCC1CNc2cc(Br)cnc2N1. The molecule has 0 amide bonds. The molecule has 0 aliphatic carbocycles. The highest BCUT2D eigenvalue weighted by Gasteiger charge is 2.17. The molecule has 1 aromatic heterocycles. The Hall–Kier alpha value is -0.810. The predicted octanol–water partition coefficient (Wildman–Crippen LogP) is 1.70. The summed E-state index contributed by atoms with van der Waals surface area (Å²) < 4.78 is 6.06. The topological polar surface area (TPSA) is 46.2 Å². The van der Waals surface area contributed by atoms with E-state index in [9.17, 15) is 0 Å². The summed E-state index contributed by atoms with van der Waals surface area (Å²) in [6, 6.07) is 2.31. The van der Waals surface area contributed by atoms with Crippen molar-refractivity contribution in [3.05, 3.63) is 16.7 Å². The minimum atomic E-state index is 0.293. The van der Waals surface area contributed by atoms with Gasteiger partial charge in [-0.25, -0.2) is 4.98 Å². The molecule has 5 heteroatoms. The molecule has 1 unspecified atom stereocenters. The first-order valence-corrected chi connectivity index (χ1v) is 5.24. The van der Waals surface area contributed by atoms with E-state index in [1.165, 1.54) is 0 Å². The van der Waals surface area contributed by atoms with Crippen LogP contribution in [0.25, 0.3) is 0 Å². The van der Waals surface area contributed by atoms with E-state index in [4.69, 9.17) is 4.74 Å². The molecule has 2 heterocycles. The Morgan fingerprint density at radius 2 is 2.57 bits per heavy atom. The number of methoxy groups -OCH3 is 1. The van der Waals surface area contributed by atoms with Crippen LogP contribution in [0.3, 0.4) is 0 Å². The molecular formula is C9H12BrN3O. The van der Waals surface area contributed by atoms with E-state index in [1.54, 1.807) is 13.3 Å². The smallest absolute Gasteiger partial charge is 0.149 e. The van der Waals surface area contributed by atoms with Crippen LogP contribution in [-0.4, -0.2) is 31.3 Å². The highest BCUT2D eigenvalue weighted by atomic mass is 79.9. The molecule has 1 atom stereocenters. The second-order valence-electron chi connectivity index (χ2n) is 3.23. The normalized spacial score (nSPS) is 19.4. The molecule has 0 spiro atoms. The summed E-state index contributed by atoms with van der Waals surface area (Å²) in [5, 5.41) is 6.61. The van der Waals surface area contributed by atoms with Gasteiger partial charge in [-0.1, -0.05) is 0 Å². The van der Waals surface area contributed by atoms with Crippen molar-refractivity contribution in [3.63, 3.8) is 0 Å². The number of fused-ring (bicyclic) bond motifs is 1. The second-order valence-corrected chi connectivity index (χ2v) is 4.14. The van der Waals surface area contributed by atoms with Crippen LogP contribution in [0.2, 0.25) is 0 Å². The average molecular weight is 258 g/mol. The third-order valence-corrected chi connectivity index (χ3v) is 2.54. The summed E-state index contributed by atoms with van der Waals surface area (Å²) in [4.78, 5) is 4.28. The van der Waals surface area contributed by atoms with Crippen LogP contribution in [0.5, 0.6) is 0 Å². The van der Waals surface area contributed by atoms with Gasteiger partial charge in [-0.3, -0.25) is 0 Å². The van der Waals surface area contributed by atoms with Crippen molar-refractivity contribution in [1.82, 2.24) is 4.98 Å². The Morgan fingerprint density at radius 3 is 3.36 bits per heavy atom. The molecule has 0 aromatic carbocycles. The molecule has 2 N–H and O–H groups in total. The molecule has 1 aliphatic rings. The number of hydrogen-bond donors (Lipinski definition) is 2. The monoisotopic (exact) mass is 257 g/mol. The summed E-state index contributed by atoms with van der Waals surface area (Å²) in [6.45, 7) is 1.54. The minimum Gasteiger partial charge on any atom is -0.382 e. The highest BCUT2D eigenvalue weighted by molar-refractivity contribution is 9.10. The Kier molecular flexibility index (Phi) is 2.88. The summed E-state index contributed by atoms with van der Waals surface area (Å²) in [6.07, 6.45) is 1.78. The molecule has 4 nitrogen and oxygen atoms in total. The van der Waals surface area contributed by atoms with Crippen molar-refractivity contribution >= 4 is 27.4 Å². The number of hydrogen-bond acceptors (Lipinski definition) is 4. The number of nitrogens with zero attached hydrogens (tertiary/aromatic N) is 1. The zero-order chi connectivity index (χ0) is 9.97. The predicted molar refractivity (Wildman–Crippen MR) is 59.7 cm³/mol. The number of aromatic nitrogens is 1. The number of anilines is 2. The maximum atomic E-state index is 5.08. The van der Waals surface area contributed by atoms with Crippen LogP contribution < -0.4 is 10.6 Å². The Bertz CT molecular complexity index is 332. The molecule has 14 heavy (non-hydrogen) atoms. The molecule has 76 valence electrons. The van der Waals surface area contributed by atoms with Crippen molar-refractivity contribution in [2.45, 2.75) is 6.04 Å². The Balaban J connectivity index is 2.15. The lowest BCUT2D eigenvalue weighted by molar-refractivity contribution is 0.188. The van der Waals surface area contributed by atoms with Crippen LogP contribution in [0.1, 0.15) is 0 Å². The maximum absolute atomic E-state index is 5.08. The molecule has 1 aromatic rings. The molecule has 2 rings (SSSR count). The van der Waals surface area contributed by atoms with Crippen molar-refractivity contribution in [3.8, 4) is 0 Å². The van der Waals surface area contributed by atoms with E-state index >= 15 is 0 Å². The van der Waals surface area contributed by atoms with Crippen LogP contribution >= 0.6 is 15.9 Å². The third-order valence-electron chi connectivity index (χ3n) is 2.10. The van der Waals surface area contributed by atoms with Crippen molar-refractivity contribution in [2.24, 2.45) is 0 Å². The van der Waals surface area contributed by atoms with Crippen LogP contribution in [0, 0.1) is 0 Å². The lowest BCUT2D eigenvalue weighted by atomic mass is 10.2. The van der Waals surface area contributed by atoms with E-state index in [-0.39, 0.29) is 0 Å². The molecule has 1 aliphatic heterocycles. The van der Waals surface area contributed by atoms with Crippen molar-refractivity contribution in [2.75, 3.05) is 30.9 Å². The number of rotatable bonds is 2. The van der Waals surface area contributed by atoms with Gasteiger partial charge in [0, 0.05) is 24.3 Å². The maximum Gasteiger partial charge on any atom is 0.149 e. The Morgan fingerprint density at radius 1 is 1.71 bits per heavy atom. The van der Waals surface area contributed by atoms with Gasteiger partial charge >= 0.3 is 0 Å². The summed E-state index contributed by atoms with van der Waals surface area (Å²) >= 11 is 3.38. The van der Waals surface area contributed by atoms with Gasteiger partial charge in [-0.05, 0) is 22.0 Å². The summed E-state index contributed by atoms with van der Waals surface area (Å²) in [7, 11) is 1.70. The fourth-order valence-corrected chi connectivity index (χ4v) is 1.80. The molecule has 0 saturated heterocycles. The lowest BCUT2D eigenvalue weighted by Crippen LogP contribution is -2.36. The number of halogens is 1. The van der Waals surface area contributed by atoms with E-state index in [1.807, 2.05) is 6.07 Å². The molecular weight excluding hydrogens is 246 g/mol. The second kappa shape index (κ2) is 4.14. The van der Waals surface area contributed by atoms with Gasteiger partial charge in [0.25, 0.3) is 0 Å². The van der Waals surface area contributed by atoms with E-state index in [2.05, 4.69) is 31.5 Å². The van der Waals surface area contributed by atoms with E-state index < -0.39 is 0 Å². The molecule has 0 bridgehead atoms. The van der Waals surface area contributed by atoms with Crippen molar-refractivity contribution < 1.29 is 4.74 Å². The van der Waals surface area contributed by atoms with Crippen molar-refractivity contribution in [1.29, 1.82) is 0 Å². The van der Waals surface area contributed by atoms with Gasteiger partial charge in [-0.15, -0.1) is 0 Å². The van der Waals surface area contributed by atoms with E-state index in [0.29, 0.717) is 12.6 Å². The Labute approximate surface area is 91.2 Å². The third kappa shape index (κ3) is 1.99. The van der Waals surface area contributed by atoms with Gasteiger partial charge in [0.2, 0.25) is 0 Å². The van der Waals surface area contributed by atoms with Gasteiger partial charge in [0.15, 0.2) is 0 Å². The average Bonchev–Trinajstić information content (AvgIpc) is 2.19. The highest BCUT2D eigenvalue weighted by Crippen LogP contribution is 2.26. The van der Waals surface area contributed by atoms with Gasteiger partial charge in [0.05, 0.1) is 18.3 Å². The molecule has 0 saturated carbocycles. The fraction of sp³-hybridized carbons (Fsp3) is 0.444. The number of pyridine rings is 1. The number of nitrogens with one attached hydrogen (secondary N) is 2.